The van der Waals surface area contributed by atoms with Gasteiger partial charge in [-0.25, -0.2) is 19.8 Å². The monoisotopic (exact) mass is 449 g/mol. The fourth-order valence-electron chi connectivity index (χ4n) is 3.98. The molecule has 0 fully saturated rings. The van der Waals surface area contributed by atoms with Crippen LogP contribution in [-0.2, 0) is 9.59 Å². The second kappa shape index (κ2) is 14.5. The van der Waals surface area contributed by atoms with E-state index in [-0.39, 0.29) is 6.42 Å². The number of rotatable bonds is 17. The molecule has 0 aliphatic heterocycles. The number of Topliss-reactive ketones (excluding diaryl/α,β-unsaturated/α-hetero) is 2. The second-order valence-corrected chi connectivity index (χ2v) is 8.50. The van der Waals surface area contributed by atoms with Gasteiger partial charge in [0.25, 0.3) is 5.91 Å². The standard InChI is InChI=1S/C24H39N3O5/c1-4-5-6-7-8-9-10-11-12-13-14-15-16-17-18-24(19(2)28,20(3)29)21(30)27-22(31)25-26-23(27)32/h11-12H,4-10,13-18H2,1-3H3,(H,25,31)(H,26,32)/b12-11-. The Balaban J connectivity index is 2.45. The van der Waals surface area contributed by atoms with E-state index in [0.29, 0.717) is 11.0 Å². The maximum Gasteiger partial charge on any atom is 0.351 e. The van der Waals surface area contributed by atoms with Crippen molar-refractivity contribution in [3.05, 3.63) is 33.1 Å². The summed E-state index contributed by atoms with van der Waals surface area (Å²) in [5.74, 6) is -2.39. The van der Waals surface area contributed by atoms with Crippen molar-refractivity contribution in [2.45, 2.75) is 104 Å². The summed E-state index contributed by atoms with van der Waals surface area (Å²) in [6, 6.07) is 0. The lowest BCUT2D eigenvalue weighted by Crippen LogP contribution is -2.51. The summed E-state index contributed by atoms with van der Waals surface area (Å²) in [4.78, 5) is 61.2. The Morgan fingerprint density at radius 3 is 1.66 bits per heavy atom. The lowest BCUT2D eigenvalue weighted by molar-refractivity contribution is -0.135. The number of aromatic nitrogens is 3. The summed E-state index contributed by atoms with van der Waals surface area (Å²) < 4.78 is 0.303. The molecule has 0 radical (unpaired) electrons. The number of allylic oxidation sites excluding steroid dienone is 2. The molecule has 0 aliphatic rings. The number of nitrogens with zero attached hydrogens (tertiary/aromatic N) is 1. The Morgan fingerprint density at radius 2 is 1.19 bits per heavy atom. The first-order chi connectivity index (χ1) is 15.3. The van der Waals surface area contributed by atoms with Crippen LogP contribution in [0.4, 0.5) is 0 Å². The number of unbranched alkanes of at least 4 members (excludes halogenated alkanes) is 10. The number of carbonyl (C=O) groups is 3. The number of aromatic amines is 2. The molecule has 1 aromatic rings. The van der Waals surface area contributed by atoms with Gasteiger partial charge < -0.3 is 0 Å². The molecule has 1 heterocycles. The molecule has 0 saturated heterocycles. The Morgan fingerprint density at radius 1 is 0.750 bits per heavy atom. The molecular formula is C24H39N3O5. The first kappa shape index (κ1) is 27.5. The minimum absolute atomic E-state index is 0.0125. The molecule has 1 rings (SSSR count). The highest BCUT2D eigenvalue weighted by Gasteiger charge is 2.49. The van der Waals surface area contributed by atoms with Crippen molar-refractivity contribution in [2.24, 2.45) is 5.41 Å². The van der Waals surface area contributed by atoms with E-state index in [0.717, 1.165) is 46.0 Å². The van der Waals surface area contributed by atoms with E-state index in [2.05, 4.69) is 19.1 Å². The lowest BCUT2D eigenvalue weighted by Gasteiger charge is -2.26. The molecular weight excluding hydrogens is 410 g/mol. The van der Waals surface area contributed by atoms with E-state index in [1.54, 1.807) is 0 Å². The average molecular weight is 450 g/mol. The van der Waals surface area contributed by atoms with Crippen LogP contribution in [0.5, 0.6) is 0 Å². The zero-order valence-electron chi connectivity index (χ0n) is 19.8. The van der Waals surface area contributed by atoms with Gasteiger partial charge >= 0.3 is 11.4 Å². The molecule has 0 unspecified atom stereocenters. The van der Waals surface area contributed by atoms with Crippen molar-refractivity contribution >= 4 is 17.5 Å². The molecule has 0 spiro atoms. The smallest absolute Gasteiger partial charge is 0.298 e. The van der Waals surface area contributed by atoms with Crippen molar-refractivity contribution in [3.8, 4) is 0 Å². The van der Waals surface area contributed by atoms with Gasteiger partial charge in [0.15, 0.2) is 17.0 Å². The van der Waals surface area contributed by atoms with Crippen LogP contribution in [0.3, 0.4) is 0 Å². The number of hydrogen-bond acceptors (Lipinski definition) is 5. The normalized spacial score (nSPS) is 11.8. The van der Waals surface area contributed by atoms with Crippen molar-refractivity contribution in [1.82, 2.24) is 14.8 Å². The van der Waals surface area contributed by atoms with Crippen LogP contribution in [0, 0.1) is 5.41 Å². The predicted molar refractivity (Wildman–Crippen MR) is 125 cm³/mol. The zero-order valence-corrected chi connectivity index (χ0v) is 19.8. The van der Waals surface area contributed by atoms with Gasteiger partial charge in [-0.05, 0) is 46.0 Å². The van der Waals surface area contributed by atoms with Gasteiger partial charge in [0, 0.05) is 0 Å². The third kappa shape index (κ3) is 7.88. The Kier molecular flexibility index (Phi) is 12.5. The summed E-state index contributed by atoms with van der Waals surface area (Å²) in [5.41, 5.74) is -3.98. The van der Waals surface area contributed by atoms with Crippen molar-refractivity contribution in [3.63, 3.8) is 0 Å². The van der Waals surface area contributed by atoms with E-state index in [1.807, 2.05) is 10.2 Å². The van der Waals surface area contributed by atoms with Crippen LogP contribution in [0.2, 0.25) is 0 Å². The van der Waals surface area contributed by atoms with Gasteiger partial charge in [0.2, 0.25) is 0 Å². The lowest BCUT2D eigenvalue weighted by atomic mass is 9.74. The van der Waals surface area contributed by atoms with Gasteiger partial charge in [-0.3, -0.25) is 14.4 Å². The highest BCUT2D eigenvalue weighted by molar-refractivity contribution is 6.23. The van der Waals surface area contributed by atoms with Gasteiger partial charge in [-0.15, -0.1) is 0 Å². The predicted octanol–water partition coefficient (Wildman–Crippen LogP) is 4.32. The summed E-state index contributed by atoms with van der Waals surface area (Å²) >= 11 is 0. The third-order valence-electron chi connectivity index (χ3n) is 6.02. The fourth-order valence-corrected chi connectivity index (χ4v) is 3.98. The molecule has 0 aromatic carbocycles. The molecule has 32 heavy (non-hydrogen) atoms. The molecule has 0 aliphatic carbocycles. The van der Waals surface area contributed by atoms with Crippen LogP contribution in [-0.4, -0.2) is 32.2 Å². The highest BCUT2D eigenvalue weighted by atomic mass is 16.2. The van der Waals surface area contributed by atoms with E-state index >= 15 is 0 Å². The first-order valence-electron chi connectivity index (χ1n) is 11.9. The van der Waals surface area contributed by atoms with Crippen LogP contribution >= 0.6 is 0 Å². The number of ketones is 2. The summed E-state index contributed by atoms with van der Waals surface area (Å²) in [6.45, 7) is 4.53. The quantitative estimate of drug-likeness (QED) is 0.208. The topological polar surface area (TPSA) is 122 Å². The van der Waals surface area contributed by atoms with Crippen LogP contribution in [0.15, 0.2) is 21.7 Å². The largest absolute Gasteiger partial charge is 0.351 e. The van der Waals surface area contributed by atoms with Crippen molar-refractivity contribution in [1.29, 1.82) is 0 Å². The molecule has 2 N–H and O–H groups in total. The summed E-state index contributed by atoms with van der Waals surface area (Å²) in [7, 11) is 0. The number of hydrogen-bond donors (Lipinski definition) is 2. The Labute approximate surface area is 189 Å². The second-order valence-electron chi connectivity index (χ2n) is 8.50. The average Bonchev–Trinajstić information content (AvgIpc) is 3.08. The zero-order chi connectivity index (χ0) is 24.0. The van der Waals surface area contributed by atoms with E-state index < -0.39 is 34.3 Å². The first-order valence-corrected chi connectivity index (χ1v) is 11.9. The van der Waals surface area contributed by atoms with Crippen molar-refractivity contribution < 1.29 is 14.4 Å². The van der Waals surface area contributed by atoms with E-state index in [1.165, 1.54) is 38.5 Å². The van der Waals surface area contributed by atoms with Gasteiger partial charge in [0.1, 0.15) is 0 Å². The minimum Gasteiger partial charge on any atom is -0.298 e. The molecule has 8 nitrogen and oxygen atoms in total. The number of nitrogens with one attached hydrogen (secondary N) is 2. The SMILES string of the molecule is CCCCCCCC/C=C\CCCCCCC(C(C)=O)(C(C)=O)C(=O)n1c(=O)[nH][nH]c1=O. The summed E-state index contributed by atoms with van der Waals surface area (Å²) in [5, 5.41) is 4.02. The van der Waals surface area contributed by atoms with Crippen LogP contribution in [0.1, 0.15) is 109 Å². The Bertz CT molecular complexity index is 833. The van der Waals surface area contributed by atoms with Gasteiger partial charge in [-0.1, -0.05) is 70.4 Å². The molecule has 180 valence electrons. The van der Waals surface area contributed by atoms with E-state index in [4.69, 9.17) is 0 Å². The van der Waals surface area contributed by atoms with Crippen molar-refractivity contribution in [2.75, 3.05) is 0 Å². The Hall–Kier alpha value is -2.51. The molecule has 0 bridgehead atoms. The minimum atomic E-state index is -2.00. The van der Waals surface area contributed by atoms with Gasteiger partial charge in [0.05, 0.1) is 0 Å². The maximum atomic E-state index is 12.9. The highest BCUT2D eigenvalue weighted by Crippen LogP contribution is 2.30. The van der Waals surface area contributed by atoms with Crippen LogP contribution in [0.25, 0.3) is 0 Å². The molecule has 1 aromatic heterocycles. The number of carbonyl (C=O) groups excluding carboxylic acids is 3. The number of H-pyrrole nitrogens is 2. The van der Waals surface area contributed by atoms with Gasteiger partial charge in [-0.2, -0.15) is 4.57 Å². The molecule has 8 heteroatoms. The summed E-state index contributed by atoms with van der Waals surface area (Å²) in [6.07, 6.45) is 17.4. The fraction of sp³-hybridized carbons (Fsp3) is 0.708. The maximum absolute atomic E-state index is 12.9. The van der Waals surface area contributed by atoms with E-state index in [9.17, 15) is 24.0 Å². The molecule has 0 saturated carbocycles. The van der Waals surface area contributed by atoms with Crippen LogP contribution < -0.4 is 11.4 Å². The molecule has 0 amide bonds. The molecule has 0 atom stereocenters. The third-order valence-corrected chi connectivity index (χ3v) is 6.02.